The number of benzene rings is 1. The third-order valence-corrected chi connectivity index (χ3v) is 5.09. The maximum atomic E-state index is 12.4. The van der Waals surface area contributed by atoms with E-state index in [1.54, 1.807) is 12.4 Å². The topological polar surface area (TPSA) is 62.3 Å². The summed E-state index contributed by atoms with van der Waals surface area (Å²) in [6, 6.07) is 11.1. The Morgan fingerprint density at radius 3 is 2.03 bits per heavy atom. The molecule has 3 atom stereocenters. The molecule has 1 heterocycles. The van der Waals surface area contributed by atoms with Crippen LogP contribution in [0.1, 0.15) is 64.6 Å². The Morgan fingerprint density at radius 1 is 1.12 bits per heavy atom. The molecule has 6 heteroatoms. The van der Waals surface area contributed by atoms with Crippen LogP contribution in [0.25, 0.3) is 0 Å². The second kappa shape index (κ2) is 14.9. The number of likely N-dealkylation sites (N-methyl/N-ethyl adjacent to an activating group) is 1. The molecule has 1 fully saturated rings. The third kappa shape index (κ3) is 10.2. The largest absolute Gasteiger partial charge is 0.323 e. The molecule has 1 aliphatic carbocycles. The molecule has 0 bridgehead atoms. The van der Waals surface area contributed by atoms with Crippen molar-refractivity contribution in [2.24, 2.45) is 11.3 Å². The number of rotatable bonds is 4. The zero-order chi connectivity index (χ0) is 25.8. The number of halogens is 1. The van der Waals surface area contributed by atoms with Gasteiger partial charge in [0.25, 0.3) is 0 Å². The molecule has 0 amide bonds. The number of ketones is 2. The van der Waals surface area contributed by atoms with Gasteiger partial charge in [-0.1, -0.05) is 71.3 Å². The van der Waals surface area contributed by atoms with Crippen molar-refractivity contribution in [1.29, 1.82) is 0 Å². The Bertz CT molecular complexity index is 848. The van der Waals surface area contributed by atoms with Crippen molar-refractivity contribution in [2.45, 2.75) is 53.5 Å². The molecule has 1 N–H and O–H groups in total. The molecule has 184 valence electrons. The van der Waals surface area contributed by atoms with Crippen molar-refractivity contribution in [3.05, 3.63) is 64.9 Å². The fraction of sp³-hybridized carbons (Fsp3) is 0.519. The van der Waals surface area contributed by atoms with Crippen molar-refractivity contribution < 1.29 is 9.59 Å². The Balaban J connectivity index is 0.000000546. The lowest BCUT2D eigenvalue weighted by molar-refractivity contribution is -0.131. The third-order valence-electron chi connectivity index (χ3n) is 4.86. The van der Waals surface area contributed by atoms with E-state index in [9.17, 15) is 9.59 Å². The highest BCUT2D eigenvalue weighted by Crippen LogP contribution is 2.41. The first kappa shape index (κ1) is 30.9. The average molecular weight is 476 g/mol. The van der Waals surface area contributed by atoms with Crippen LogP contribution in [0.2, 0.25) is 5.02 Å². The minimum atomic E-state index is -0.364. The molecule has 1 aromatic heterocycles. The number of pyridine rings is 1. The van der Waals surface area contributed by atoms with Crippen LogP contribution in [-0.2, 0) is 9.59 Å². The van der Waals surface area contributed by atoms with Gasteiger partial charge in [0.2, 0.25) is 0 Å². The van der Waals surface area contributed by atoms with Crippen LogP contribution in [0.5, 0.6) is 0 Å². The van der Waals surface area contributed by atoms with E-state index < -0.39 is 0 Å². The molecule has 0 spiro atoms. The van der Waals surface area contributed by atoms with Gasteiger partial charge in [0.1, 0.15) is 5.78 Å². The van der Waals surface area contributed by atoms with E-state index >= 15 is 0 Å². The van der Waals surface area contributed by atoms with E-state index in [0.717, 1.165) is 11.1 Å². The van der Waals surface area contributed by atoms with Crippen LogP contribution >= 0.6 is 11.6 Å². The average Bonchev–Trinajstić information content (AvgIpc) is 3.36. The maximum absolute atomic E-state index is 12.4. The Hall–Kier alpha value is -2.08. The standard InChI is InChI=1S/C14H20ClNO.C9H9NO.C2H7N.C2H6/c1-14(2,3)13(17)12(16(4)5)10-7-6-8-11(15)9-10;1-6-8(9(6)11)7-3-2-4-10-5-7;1-3-2;1-2/h6-9,12H,1-5H3;2-6,8H,1H3;3H,1-2H3;1-2H3. The predicted octanol–water partition coefficient (Wildman–Crippen LogP) is 5.80. The molecular formula is C27H42ClN3O2. The lowest BCUT2D eigenvalue weighted by atomic mass is 9.83. The molecule has 2 aromatic rings. The van der Waals surface area contributed by atoms with Gasteiger partial charge in [-0.3, -0.25) is 19.5 Å². The first-order chi connectivity index (χ1) is 15.4. The summed E-state index contributed by atoms with van der Waals surface area (Å²) < 4.78 is 0. The van der Waals surface area contributed by atoms with Crippen LogP contribution in [0.4, 0.5) is 0 Å². The highest BCUT2D eigenvalue weighted by atomic mass is 35.5. The van der Waals surface area contributed by atoms with Crippen molar-refractivity contribution >= 4 is 23.2 Å². The van der Waals surface area contributed by atoms with E-state index in [2.05, 4.69) is 10.3 Å². The number of hydrogen-bond donors (Lipinski definition) is 1. The summed E-state index contributed by atoms with van der Waals surface area (Å²) in [5.41, 5.74) is 1.64. The number of nitrogens with one attached hydrogen (secondary N) is 1. The summed E-state index contributed by atoms with van der Waals surface area (Å²) in [7, 11) is 7.57. The maximum Gasteiger partial charge on any atom is 0.159 e. The monoisotopic (exact) mass is 475 g/mol. The summed E-state index contributed by atoms with van der Waals surface area (Å²) in [6.45, 7) is 11.8. The van der Waals surface area contributed by atoms with Crippen molar-refractivity contribution in [3.8, 4) is 0 Å². The summed E-state index contributed by atoms with van der Waals surface area (Å²) >= 11 is 5.98. The highest BCUT2D eigenvalue weighted by molar-refractivity contribution is 6.30. The SMILES string of the molecule is CC.CC1C(=O)C1c1cccnc1.CN(C)C(C(=O)C(C)(C)C)c1cccc(Cl)c1.CNC. The molecule has 3 unspecified atom stereocenters. The van der Waals surface area contributed by atoms with Crippen molar-refractivity contribution in [2.75, 3.05) is 28.2 Å². The first-order valence-electron chi connectivity index (χ1n) is 11.4. The van der Waals surface area contributed by atoms with E-state index in [-0.39, 0.29) is 29.1 Å². The summed E-state index contributed by atoms with van der Waals surface area (Å²) in [5.74, 6) is 0.908. The van der Waals surface area contributed by atoms with Gasteiger partial charge in [-0.2, -0.15) is 0 Å². The van der Waals surface area contributed by atoms with Gasteiger partial charge >= 0.3 is 0 Å². The van der Waals surface area contributed by atoms with Gasteiger partial charge in [-0.25, -0.2) is 0 Å². The van der Waals surface area contributed by atoms with Gasteiger partial charge in [0, 0.05) is 28.7 Å². The Labute approximate surface area is 205 Å². The second-order valence-corrected chi connectivity index (χ2v) is 9.43. The van der Waals surface area contributed by atoms with Gasteiger partial charge in [0.05, 0.1) is 12.0 Å². The van der Waals surface area contributed by atoms with E-state index in [1.165, 1.54) is 0 Å². The normalized spacial score (nSPS) is 17.4. The van der Waals surface area contributed by atoms with Gasteiger partial charge < -0.3 is 5.32 Å². The Morgan fingerprint density at radius 2 is 1.67 bits per heavy atom. The molecule has 1 aliphatic rings. The van der Waals surface area contributed by atoms with E-state index in [0.29, 0.717) is 10.8 Å². The zero-order valence-corrected chi connectivity index (χ0v) is 22.7. The second-order valence-electron chi connectivity index (χ2n) is 8.99. The number of carbonyl (C=O) groups is 2. The molecule has 33 heavy (non-hydrogen) atoms. The number of carbonyl (C=O) groups excluding carboxylic acids is 2. The van der Waals surface area contributed by atoms with E-state index in [1.807, 2.05) is 111 Å². The van der Waals surface area contributed by atoms with Crippen molar-refractivity contribution in [1.82, 2.24) is 15.2 Å². The van der Waals surface area contributed by atoms with Crippen LogP contribution in [-0.4, -0.2) is 49.6 Å². The molecule has 5 nitrogen and oxygen atoms in total. The molecular weight excluding hydrogens is 434 g/mol. The number of nitrogens with zero attached hydrogens (tertiary/aromatic N) is 2. The quantitative estimate of drug-likeness (QED) is 0.605. The fourth-order valence-electron chi connectivity index (χ4n) is 3.15. The molecule has 1 aromatic carbocycles. The minimum absolute atomic E-state index is 0.142. The molecule has 0 aliphatic heterocycles. The molecule has 0 saturated heterocycles. The summed E-state index contributed by atoms with van der Waals surface area (Å²) in [4.78, 5) is 29.3. The first-order valence-corrected chi connectivity index (χ1v) is 11.8. The minimum Gasteiger partial charge on any atom is -0.323 e. The summed E-state index contributed by atoms with van der Waals surface area (Å²) in [5, 5.41) is 3.41. The van der Waals surface area contributed by atoms with Gasteiger partial charge in [-0.05, 0) is 57.5 Å². The fourth-order valence-corrected chi connectivity index (χ4v) is 3.35. The molecule has 3 rings (SSSR count). The highest BCUT2D eigenvalue weighted by Gasteiger charge is 2.46. The molecule has 1 saturated carbocycles. The smallest absolute Gasteiger partial charge is 0.159 e. The lowest BCUT2D eigenvalue weighted by Gasteiger charge is -2.29. The Kier molecular flexibility index (Phi) is 14.0. The van der Waals surface area contributed by atoms with Gasteiger partial charge in [-0.15, -0.1) is 0 Å². The lowest BCUT2D eigenvalue weighted by Crippen LogP contribution is -2.35. The summed E-state index contributed by atoms with van der Waals surface area (Å²) in [6.07, 6.45) is 3.49. The van der Waals surface area contributed by atoms with Crippen LogP contribution < -0.4 is 5.32 Å². The van der Waals surface area contributed by atoms with Crippen LogP contribution in [0.3, 0.4) is 0 Å². The van der Waals surface area contributed by atoms with Crippen LogP contribution in [0, 0.1) is 11.3 Å². The predicted molar refractivity (Wildman–Crippen MR) is 140 cm³/mol. The number of hydrogen-bond acceptors (Lipinski definition) is 5. The van der Waals surface area contributed by atoms with E-state index in [4.69, 9.17) is 11.6 Å². The molecule has 0 radical (unpaired) electrons. The number of aromatic nitrogens is 1. The zero-order valence-electron chi connectivity index (χ0n) is 21.9. The number of Topliss-reactive ketones (excluding diaryl/α,β-unsaturated/α-hetero) is 2. The van der Waals surface area contributed by atoms with Crippen LogP contribution in [0.15, 0.2) is 48.8 Å². The van der Waals surface area contributed by atoms with Gasteiger partial charge in [0.15, 0.2) is 5.78 Å². The van der Waals surface area contributed by atoms with Crippen molar-refractivity contribution in [3.63, 3.8) is 0 Å².